The Morgan fingerprint density at radius 3 is 2.56 bits per heavy atom. The molecule has 3 heteroatoms. The van der Waals surface area contributed by atoms with Crippen LogP contribution in [0.3, 0.4) is 0 Å². The summed E-state index contributed by atoms with van der Waals surface area (Å²) in [5, 5.41) is 0.461. The molecular weight excluding hydrogens is 248 g/mol. The van der Waals surface area contributed by atoms with Crippen molar-refractivity contribution in [1.29, 1.82) is 0 Å². The van der Waals surface area contributed by atoms with Crippen molar-refractivity contribution in [2.75, 3.05) is 5.33 Å². The molecule has 0 rings (SSSR count). The molecule has 0 aromatic carbocycles. The Balaban J connectivity index is 3.45. The smallest absolute Gasteiger partial charge is 0.156 e. The van der Waals surface area contributed by atoms with Gasteiger partial charge in [-0.25, -0.2) is 0 Å². The number of rotatable bonds is 4. The summed E-state index contributed by atoms with van der Waals surface area (Å²) in [5.41, 5.74) is 0. The lowest BCUT2D eigenvalue weighted by Gasteiger charge is -2.02. The average Bonchev–Trinajstić information content (AvgIpc) is 1.87. The molecule has 1 nitrogen and oxygen atoms in total. The minimum atomic E-state index is 0.0573. The predicted molar refractivity (Wildman–Crippen MR) is 46.4 cm³/mol. The van der Waals surface area contributed by atoms with Gasteiger partial charge in [0.15, 0.2) is 5.78 Å². The molecule has 0 N–H and O–H groups in total. The summed E-state index contributed by atoms with van der Waals surface area (Å²) in [6, 6.07) is 0. The number of carbonyl (C=O) groups is 1. The van der Waals surface area contributed by atoms with Gasteiger partial charge in [0, 0.05) is 0 Å². The van der Waals surface area contributed by atoms with Gasteiger partial charge in [-0.05, 0) is 6.42 Å². The van der Waals surface area contributed by atoms with E-state index in [0.29, 0.717) is 5.33 Å². The first-order chi connectivity index (χ1) is 4.22. The highest BCUT2D eigenvalue weighted by atomic mass is 79.9. The summed E-state index contributed by atoms with van der Waals surface area (Å²) in [5.74, 6) is 0.233. The molecule has 0 fully saturated rings. The van der Waals surface area contributed by atoms with Crippen LogP contribution in [0, 0.1) is 0 Å². The lowest BCUT2D eigenvalue weighted by Crippen LogP contribution is -2.14. The molecule has 1 unspecified atom stereocenters. The second-order valence-electron chi connectivity index (χ2n) is 1.86. The molecule has 0 spiro atoms. The quantitative estimate of drug-likeness (QED) is 0.708. The van der Waals surface area contributed by atoms with Gasteiger partial charge in [0.25, 0.3) is 0 Å². The maximum atomic E-state index is 10.8. The highest BCUT2D eigenvalue weighted by Gasteiger charge is 2.10. The summed E-state index contributed by atoms with van der Waals surface area (Å²) in [6.07, 6.45) is 1.99. The van der Waals surface area contributed by atoms with Crippen molar-refractivity contribution in [3.8, 4) is 0 Å². The van der Waals surface area contributed by atoms with E-state index in [-0.39, 0.29) is 10.6 Å². The molecule has 0 amide bonds. The van der Waals surface area contributed by atoms with E-state index in [1.807, 2.05) is 0 Å². The first-order valence-electron chi connectivity index (χ1n) is 2.95. The molecular formula is C6H10Br2O. The number of hydrogen-bond donors (Lipinski definition) is 0. The monoisotopic (exact) mass is 256 g/mol. The Bertz CT molecular complexity index is 93.1. The lowest BCUT2D eigenvalue weighted by atomic mass is 10.2. The molecule has 0 aliphatic heterocycles. The van der Waals surface area contributed by atoms with Gasteiger partial charge in [-0.15, -0.1) is 0 Å². The molecule has 54 valence electrons. The summed E-state index contributed by atoms with van der Waals surface area (Å²) in [7, 11) is 0. The van der Waals surface area contributed by atoms with Crippen molar-refractivity contribution in [3.05, 3.63) is 0 Å². The fourth-order valence-electron chi connectivity index (χ4n) is 0.498. The molecule has 0 aliphatic carbocycles. The van der Waals surface area contributed by atoms with E-state index in [9.17, 15) is 4.79 Å². The minimum Gasteiger partial charge on any atom is -0.298 e. The first kappa shape index (κ1) is 9.63. The molecule has 9 heavy (non-hydrogen) atoms. The normalized spacial score (nSPS) is 13.2. The molecule has 0 aliphatic rings. The van der Waals surface area contributed by atoms with E-state index in [1.54, 1.807) is 0 Å². The van der Waals surface area contributed by atoms with Gasteiger partial charge < -0.3 is 0 Å². The number of halogens is 2. The second kappa shape index (κ2) is 5.42. The molecule has 0 aromatic rings. The van der Waals surface area contributed by atoms with E-state index >= 15 is 0 Å². The maximum absolute atomic E-state index is 10.8. The van der Waals surface area contributed by atoms with E-state index in [1.165, 1.54) is 0 Å². The van der Waals surface area contributed by atoms with Crippen LogP contribution in [0.5, 0.6) is 0 Å². The topological polar surface area (TPSA) is 17.1 Å². The summed E-state index contributed by atoms with van der Waals surface area (Å²) >= 11 is 6.39. The molecule has 0 bridgehead atoms. The summed E-state index contributed by atoms with van der Waals surface area (Å²) in [4.78, 5) is 10.9. The van der Waals surface area contributed by atoms with Crippen LogP contribution < -0.4 is 0 Å². The summed E-state index contributed by atoms with van der Waals surface area (Å²) in [6.45, 7) is 2.07. The van der Waals surface area contributed by atoms with E-state index in [4.69, 9.17) is 0 Å². The molecule has 1 atom stereocenters. The Kier molecular flexibility index (Phi) is 5.80. The second-order valence-corrected chi connectivity index (χ2v) is 3.52. The van der Waals surface area contributed by atoms with Gasteiger partial charge in [-0.2, -0.15) is 0 Å². The van der Waals surface area contributed by atoms with Crippen molar-refractivity contribution in [3.63, 3.8) is 0 Å². The number of Topliss-reactive ketones (excluding diaryl/α,β-unsaturated/α-hetero) is 1. The predicted octanol–water partition coefficient (Wildman–Crippen LogP) is 2.51. The van der Waals surface area contributed by atoms with Crippen molar-refractivity contribution >= 4 is 37.6 Å². The Morgan fingerprint density at radius 1 is 1.67 bits per heavy atom. The third-order valence-electron chi connectivity index (χ3n) is 1.02. The van der Waals surface area contributed by atoms with Gasteiger partial charge in [-0.3, -0.25) is 4.79 Å². The number of carbonyl (C=O) groups excluding carboxylic acids is 1. The average molecular weight is 258 g/mol. The van der Waals surface area contributed by atoms with Crippen LogP contribution in [-0.4, -0.2) is 15.9 Å². The van der Waals surface area contributed by atoms with Crippen LogP contribution in [-0.2, 0) is 4.79 Å². The minimum absolute atomic E-state index is 0.0573. The van der Waals surface area contributed by atoms with Crippen molar-refractivity contribution < 1.29 is 4.79 Å². The number of hydrogen-bond acceptors (Lipinski definition) is 1. The zero-order valence-corrected chi connectivity index (χ0v) is 8.53. The van der Waals surface area contributed by atoms with Crippen LogP contribution in [0.4, 0.5) is 0 Å². The van der Waals surface area contributed by atoms with Crippen molar-refractivity contribution in [2.24, 2.45) is 0 Å². The SMILES string of the molecule is CCCC(Br)C(=O)CBr. The molecule has 0 heterocycles. The van der Waals surface area contributed by atoms with Crippen molar-refractivity contribution in [2.45, 2.75) is 24.6 Å². The maximum Gasteiger partial charge on any atom is 0.156 e. The lowest BCUT2D eigenvalue weighted by molar-refractivity contribution is -0.116. The van der Waals surface area contributed by atoms with Crippen LogP contribution in [0.25, 0.3) is 0 Å². The molecule has 0 radical (unpaired) electrons. The van der Waals surface area contributed by atoms with Gasteiger partial charge in [0.1, 0.15) is 0 Å². The van der Waals surface area contributed by atoms with E-state index < -0.39 is 0 Å². The third kappa shape index (κ3) is 4.09. The van der Waals surface area contributed by atoms with Crippen LogP contribution in [0.15, 0.2) is 0 Å². The van der Waals surface area contributed by atoms with Gasteiger partial charge in [0.05, 0.1) is 10.2 Å². The van der Waals surface area contributed by atoms with Crippen LogP contribution >= 0.6 is 31.9 Å². The number of ketones is 1. The molecule has 0 saturated carbocycles. The number of alkyl halides is 2. The highest BCUT2D eigenvalue weighted by molar-refractivity contribution is 9.10. The van der Waals surface area contributed by atoms with Gasteiger partial charge in [-0.1, -0.05) is 45.2 Å². The Hall–Kier alpha value is 0.630. The van der Waals surface area contributed by atoms with E-state index in [0.717, 1.165) is 12.8 Å². The van der Waals surface area contributed by atoms with Crippen LogP contribution in [0.1, 0.15) is 19.8 Å². The fourth-order valence-corrected chi connectivity index (χ4v) is 1.94. The van der Waals surface area contributed by atoms with Gasteiger partial charge in [0.2, 0.25) is 0 Å². The Labute approximate surface area is 72.5 Å². The van der Waals surface area contributed by atoms with Crippen LogP contribution in [0.2, 0.25) is 0 Å². The third-order valence-corrected chi connectivity index (χ3v) is 2.54. The summed E-state index contributed by atoms with van der Waals surface area (Å²) < 4.78 is 0. The Morgan fingerprint density at radius 2 is 2.22 bits per heavy atom. The zero-order valence-electron chi connectivity index (χ0n) is 5.36. The highest BCUT2D eigenvalue weighted by Crippen LogP contribution is 2.09. The standard InChI is InChI=1S/C6H10Br2O/c1-2-3-5(8)6(9)4-7/h5H,2-4H2,1H3. The molecule has 0 aromatic heterocycles. The van der Waals surface area contributed by atoms with Crippen molar-refractivity contribution in [1.82, 2.24) is 0 Å². The first-order valence-corrected chi connectivity index (χ1v) is 4.98. The fraction of sp³-hybridized carbons (Fsp3) is 0.833. The largest absolute Gasteiger partial charge is 0.298 e. The zero-order chi connectivity index (χ0) is 7.28. The van der Waals surface area contributed by atoms with E-state index in [2.05, 4.69) is 38.8 Å². The van der Waals surface area contributed by atoms with Gasteiger partial charge >= 0.3 is 0 Å². The molecule has 0 saturated heterocycles.